The van der Waals surface area contributed by atoms with Crippen LogP contribution in [0.25, 0.3) is 0 Å². The van der Waals surface area contributed by atoms with Gasteiger partial charge in [0.2, 0.25) is 11.8 Å². The van der Waals surface area contributed by atoms with Gasteiger partial charge in [0.05, 0.1) is 11.5 Å². The van der Waals surface area contributed by atoms with Crippen LogP contribution in [0.15, 0.2) is 0 Å². The zero-order valence-corrected chi connectivity index (χ0v) is 13.1. The molecule has 3 fully saturated rings. The summed E-state index contributed by atoms with van der Waals surface area (Å²) in [7, 11) is -2.97. The number of sulfone groups is 1. The number of piperazine rings is 1. The second-order valence-corrected chi connectivity index (χ2v) is 8.85. The van der Waals surface area contributed by atoms with E-state index in [4.69, 9.17) is 0 Å². The monoisotopic (exact) mass is 314 g/mol. The third-order valence-corrected chi connectivity index (χ3v) is 6.89. The van der Waals surface area contributed by atoms with Gasteiger partial charge in [-0.05, 0) is 32.6 Å². The maximum atomic E-state index is 12.9. The smallest absolute Gasteiger partial charge is 0.249 e. The topological polar surface area (TPSA) is 83.6 Å². The molecule has 21 heavy (non-hydrogen) atoms. The summed E-state index contributed by atoms with van der Waals surface area (Å²) in [6.07, 6.45) is 4.20. The molecule has 0 aromatic carbocycles. The highest BCUT2D eigenvalue weighted by atomic mass is 32.2. The molecule has 0 bridgehead atoms. The summed E-state index contributed by atoms with van der Waals surface area (Å²) in [6, 6.07) is -0.630. The highest BCUT2D eigenvalue weighted by Crippen LogP contribution is 2.36. The molecule has 1 aliphatic carbocycles. The Morgan fingerprint density at radius 2 is 1.71 bits per heavy atom. The lowest BCUT2D eigenvalue weighted by Crippen LogP contribution is -2.71. The van der Waals surface area contributed by atoms with Crippen molar-refractivity contribution in [2.24, 2.45) is 0 Å². The van der Waals surface area contributed by atoms with Gasteiger partial charge in [0, 0.05) is 6.04 Å². The van der Waals surface area contributed by atoms with Gasteiger partial charge in [-0.3, -0.25) is 9.59 Å². The maximum Gasteiger partial charge on any atom is 0.249 e. The molecule has 1 saturated carbocycles. The van der Waals surface area contributed by atoms with Gasteiger partial charge in [-0.25, -0.2) is 8.42 Å². The Morgan fingerprint density at radius 3 is 2.29 bits per heavy atom. The fraction of sp³-hybridized carbons (Fsp3) is 0.857. The lowest BCUT2D eigenvalue weighted by Gasteiger charge is -2.47. The summed E-state index contributed by atoms with van der Waals surface area (Å²) >= 11 is 0. The molecule has 1 spiro atoms. The number of amides is 2. The third-order valence-electron chi connectivity index (χ3n) is 5.18. The van der Waals surface area contributed by atoms with Gasteiger partial charge < -0.3 is 10.2 Å². The number of carbonyl (C=O) groups is 2. The van der Waals surface area contributed by atoms with Crippen LogP contribution in [0, 0.1) is 0 Å². The quantitative estimate of drug-likeness (QED) is 0.750. The van der Waals surface area contributed by atoms with Crippen molar-refractivity contribution in [2.75, 3.05) is 11.5 Å². The first-order valence-corrected chi connectivity index (χ1v) is 9.52. The molecule has 118 valence electrons. The number of rotatable bonds is 1. The summed E-state index contributed by atoms with van der Waals surface area (Å²) in [4.78, 5) is 26.9. The van der Waals surface area contributed by atoms with E-state index < -0.39 is 21.4 Å². The third kappa shape index (κ3) is 2.45. The molecule has 2 aliphatic heterocycles. The Hall–Kier alpha value is -1.11. The van der Waals surface area contributed by atoms with Crippen LogP contribution in [0.2, 0.25) is 0 Å². The molecule has 1 unspecified atom stereocenters. The van der Waals surface area contributed by atoms with Crippen molar-refractivity contribution >= 4 is 21.7 Å². The second kappa shape index (κ2) is 4.97. The zero-order chi connectivity index (χ0) is 15.3. The van der Waals surface area contributed by atoms with Crippen molar-refractivity contribution in [3.05, 3.63) is 0 Å². The molecule has 2 heterocycles. The Bertz CT molecular complexity index is 552. The van der Waals surface area contributed by atoms with E-state index in [9.17, 15) is 18.0 Å². The van der Waals surface area contributed by atoms with Crippen LogP contribution in [0.1, 0.15) is 45.4 Å². The number of hydrogen-bond donors (Lipinski definition) is 1. The number of hydrogen-bond acceptors (Lipinski definition) is 4. The summed E-state index contributed by atoms with van der Waals surface area (Å²) in [5.74, 6) is 0.118. The summed E-state index contributed by atoms with van der Waals surface area (Å²) < 4.78 is 23.1. The van der Waals surface area contributed by atoms with Gasteiger partial charge in [-0.15, -0.1) is 0 Å². The van der Waals surface area contributed by atoms with Gasteiger partial charge in [-0.1, -0.05) is 12.8 Å². The van der Waals surface area contributed by atoms with E-state index in [0.29, 0.717) is 25.7 Å². The fourth-order valence-corrected chi connectivity index (χ4v) is 5.36. The summed E-state index contributed by atoms with van der Waals surface area (Å²) in [5.41, 5.74) is -0.722. The fourth-order valence-electron chi connectivity index (χ4n) is 3.90. The standard InChI is InChI=1S/C14H22N2O4S/c1-10-12(17)15-14(6-2-3-7-14)13(18)16(10)11-4-8-21(19,20)9-5-11/h10-11H,2-9H2,1H3,(H,15,17). The first-order chi connectivity index (χ1) is 9.85. The molecule has 2 amide bonds. The second-order valence-electron chi connectivity index (χ2n) is 6.55. The Morgan fingerprint density at radius 1 is 1.14 bits per heavy atom. The maximum absolute atomic E-state index is 12.9. The van der Waals surface area contributed by atoms with E-state index in [1.807, 2.05) is 0 Å². The minimum atomic E-state index is -2.97. The molecule has 0 aromatic heterocycles. The van der Waals surface area contributed by atoms with Crippen LogP contribution >= 0.6 is 0 Å². The van der Waals surface area contributed by atoms with E-state index in [1.54, 1.807) is 11.8 Å². The van der Waals surface area contributed by atoms with Crippen molar-refractivity contribution in [3.8, 4) is 0 Å². The zero-order valence-electron chi connectivity index (χ0n) is 12.3. The van der Waals surface area contributed by atoms with Crippen molar-refractivity contribution in [2.45, 2.75) is 63.1 Å². The minimum absolute atomic E-state index is 0.00334. The Balaban J connectivity index is 1.85. The van der Waals surface area contributed by atoms with Crippen LogP contribution < -0.4 is 5.32 Å². The molecule has 0 aromatic rings. The molecule has 7 heteroatoms. The first kappa shape index (κ1) is 14.8. The van der Waals surface area contributed by atoms with Crippen molar-refractivity contribution in [1.82, 2.24) is 10.2 Å². The lowest BCUT2D eigenvalue weighted by molar-refractivity contribution is -0.157. The minimum Gasteiger partial charge on any atom is -0.340 e. The highest BCUT2D eigenvalue weighted by molar-refractivity contribution is 7.91. The van der Waals surface area contributed by atoms with Gasteiger partial charge in [0.25, 0.3) is 0 Å². The van der Waals surface area contributed by atoms with E-state index in [-0.39, 0.29) is 29.4 Å². The molecular weight excluding hydrogens is 292 g/mol. The lowest BCUT2D eigenvalue weighted by atomic mass is 9.89. The predicted octanol–water partition coefficient (Wildman–Crippen LogP) is 0.223. The van der Waals surface area contributed by atoms with Crippen molar-refractivity contribution in [3.63, 3.8) is 0 Å². The SMILES string of the molecule is CC1C(=O)NC2(CCCC2)C(=O)N1C1CCS(=O)(=O)CC1. The van der Waals surface area contributed by atoms with Crippen molar-refractivity contribution in [1.29, 1.82) is 0 Å². The molecule has 3 aliphatic rings. The Kier molecular flexibility index (Phi) is 3.50. The van der Waals surface area contributed by atoms with Gasteiger partial charge in [0.15, 0.2) is 0 Å². The molecule has 2 saturated heterocycles. The van der Waals surface area contributed by atoms with Gasteiger partial charge in [0.1, 0.15) is 21.4 Å². The molecule has 6 nitrogen and oxygen atoms in total. The summed E-state index contributed by atoms with van der Waals surface area (Å²) in [6.45, 7) is 1.73. The summed E-state index contributed by atoms with van der Waals surface area (Å²) in [5, 5.41) is 2.93. The van der Waals surface area contributed by atoms with E-state index >= 15 is 0 Å². The first-order valence-electron chi connectivity index (χ1n) is 7.70. The average molecular weight is 314 g/mol. The largest absolute Gasteiger partial charge is 0.340 e. The van der Waals surface area contributed by atoms with Crippen LogP contribution in [-0.2, 0) is 19.4 Å². The highest BCUT2D eigenvalue weighted by Gasteiger charge is 2.52. The predicted molar refractivity (Wildman–Crippen MR) is 77.3 cm³/mol. The van der Waals surface area contributed by atoms with Crippen LogP contribution in [0.3, 0.4) is 0 Å². The molecule has 3 rings (SSSR count). The van der Waals surface area contributed by atoms with Crippen LogP contribution in [0.5, 0.6) is 0 Å². The van der Waals surface area contributed by atoms with E-state index in [2.05, 4.69) is 5.32 Å². The molecular formula is C14H22N2O4S. The van der Waals surface area contributed by atoms with E-state index in [0.717, 1.165) is 12.8 Å². The van der Waals surface area contributed by atoms with Gasteiger partial charge >= 0.3 is 0 Å². The normalized spacial score (nSPS) is 32.4. The number of nitrogens with zero attached hydrogens (tertiary/aromatic N) is 1. The van der Waals surface area contributed by atoms with Crippen molar-refractivity contribution < 1.29 is 18.0 Å². The van der Waals surface area contributed by atoms with Gasteiger partial charge in [-0.2, -0.15) is 0 Å². The number of nitrogens with one attached hydrogen (secondary N) is 1. The van der Waals surface area contributed by atoms with Crippen LogP contribution in [0.4, 0.5) is 0 Å². The van der Waals surface area contributed by atoms with E-state index in [1.165, 1.54) is 0 Å². The Labute approximate surface area is 125 Å². The molecule has 1 atom stereocenters. The average Bonchev–Trinajstić information content (AvgIpc) is 2.88. The van der Waals surface area contributed by atoms with Crippen LogP contribution in [-0.4, -0.2) is 54.3 Å². The number of carbonyl (C=O) groups excluding carboxylic acids is 2. The molecule has 0 radical (unpaired) electrons. The molecule has 1 N–H and O–H groups in total.